The van der Waals surface area contributed by atoms with Crippen LogP contribution in [0, 0.1) is 5.82 Å². The number of alkyl halides is 2. The second-order valence-electron chi connectivity index (χ2n) is 4.73. The first-order valence-electron chi connectivity index (χ1n) is 6.59. The van der Waals surface area contributed by atoms with Gasteiger partial charge >= 0.3 is 6.61 Å². The zero-order chi connectivity index (χ0) is 16.9. The SMILES string of the molecule is O=S(=O)(Cc1ccc(F)cc1)NCc1ccc(OC(F)F)cc1. The molecule has 0 aliphatic heterocycles. The average molecular weight is 345 g/mol. The zero-order valence-corrected chi connectivity index (χ0v) is 12.7. The van der Waals surface area contributed by atoms with Gasteiger partial charge in [0.1, 0.15) is 11.6 Å². The lowest BCUT2D eigenvalue weighted by Gasteiger charge is -2.08. The smallest absolute Gasteiger partial charge is 0.387 e. The van der Waals surface area contributed by atoms with Crippen molar-refractivity contribution in [1.29, 1.82) is 0 Å². The molecule has 0 saturated heterocycles. The van der Waals surface area contributed by atoms with Gasteiger partial charge in [-0.2, -0.15) is 8.78 Å². The first-order chi connectivity index (χ1) is 10.8. The lowest BCUT2D eigenvalue weighted by molar-refractivity contribution is -0.0498. The second-order valence-corrected chi connectivity index (χ2v) is 6.54. The standard InChI is InChI=1S/C15H14F3NO3S/c16-13-5-1-12(2-6-13)10-23(20,21)19-9-11-3-7-14(8-4-11)22-15(17)18/h1-8,15,19H,9-10H2. The molecule has 1 N–H and O–H groups in total. The van der Waals surface area contributed by atoms with Gasteiger partial charge in [0.25, 0.3) is 0 Å². The van der Waals surface area contributed by atoms with Crippen molar-refractivity contribution >= 4 is 10.0 Å². The van der Waals surface area contributed by atoms with Crippen molar-refractivity contribution in [2.45, 2.75) is 18.9 Å². The van der Waals surface area contributed by atoms with E-state index < -0.39 is 22.5 Å². The molecule has 0 radical (unpaired) electrons. The molecule has 4 nitrogen and oxygen atoms in total. The summed E-state index contributed by atoms with van der Waals surface area (Å²) >= 11 is 0. The highest BCUT2D eigenvalue weighted by Crippen LogP contribution is 2.15. The molecular weight excluding hydrogens is 331 g/mol. The summed E-state index contributed by atoms with van der Waals surface area (Å²) in [5.74, 6) is -0.719. The lowest BCUT2D eigenvalue weighted by atomic mass is 10.2. The number of ether oxygens (including phenoxy) is 1. The summed E-state index contributed by atoms with van der Waals surface area (Å²) in [6.07, 6.45) is 0. The molecule has 0 atom stereocenters. The van der Waals surface area contributed by atoms with Crippen molar-refractivity contribution in [2.75, 3.05) is 0 Å². The summed E-state index contributed by atoms with van der Waals surface area (Å²) in [5.41, 5.74) is 1.05. The van der Waals surface area contributed by atoms with Gasteiger partial charge in [0.2, 0.25) is 10.0 Å². The van der Waals surface area contributed by atoms with Crippen LogP contribution in [0.4, 0.5) is 13.2 Å². The number of rotatable bonds is 7. The summed E-state index contributed by atoms with van der Waals surface area (Å²) in [7, 11) is -3.60. The molecule has 2 rings (SSSR count). The van der Waals surface area contributed by atoms with E-state index in [1.54, 1.807) is 0 Å². The number of benzene rings is 2. The maximum atomic E-state index is 12.8. The van der Waals surface area contributed by atoms with Gasteiger partial charge in [0.05, 0.1) is 5.75 Å². The van der Waals surface area contributed by atoms with E-state index >= 15 is 0 Å². The third-order valence-corrected chi connectivity index (χ3v) is 4.21. The number of halogens is 3. The van der Waals surface area contributed by atoms with E-state index in [-0.39, 0.29) is 18.0 Å². The number of hydrogen-bond donors (Lipinski definition) is 1. The zero-order valence-electron chi connectivity index (χ0n) is 11.9. The Morgan fingerprint density at radius 3 is 2.09 bits per heavy atom. The molecule has 0 aliphatic rings. The fourth-order valence-electron chi connectivity index (χ4n) is 1.83. The van der Waals surface area contributed by atoms with E-state index in [0.29, 0.717) is 11.1 Å². The minimum atomic E-state index is -3.60. The van der Waals surface area contributed by atoms with Gasteiger partial charge in [-0.05, 0) is 35.4 Å². The van der Waals surface area contributed by atoms with Crippen LogP contribution in [0.5, 0.6) is 5.75 Å². The van der Waals surface area contributed by atoms with E-state index in [9.17, 15) is 21.6 Å². The normalized spacial score (nSPS) is 11.7. The number of sulfonamides is 1. The van der Waals surface area contributed by atoms with E-state index in [4.69, 9.17) is 0 Å². The molecule has 0 unspecified atom stereocenters. The van der Waals surface area contributed by atoms with Gasteiger partial charge in [-0.1, -0.05) is 24.3 Å². The summed E-state index contributed by atoms with van der Waals surface area (Å²) in [5, 5.41) is 0. The molecular formula is C15H14F3NO3S. The van der Waals surface area contributed by atoms with Gasteiger partial charge in [-0.15, -0.1) is 0 Å². The van der Waals surface area contributed by atoms with Crippen LogP contribution < -0.4 is 9.46 Å². The Bertz CT molecular complexity index is 732. The molecule has 2 aromatic rings. The quantitative estimate of drug-likeness (QED) is 0.839. The van der Waals surface area contributed by atoms with Gasteiger partial charge in [-0.3, -0.25) is 0 Å². The third kappa shape index (κ3) is 5.91. The van der Waals surface area contributed by atoms with Gasteiger partial charge < -0.3 is 4.74 Å². The van der Waals surface area contributed by atoms with Crippen LogP contribution in [-0.2, 0) is 22.3 Å². The Morgan fingerprint density at radius 2 is 1.52 bits per heavy atom. The second kappa shape index (κ2) is 7.47. The summed E-state index contributed by atoms with van der Waals surface area (Å²) in [6, 6.07) is 10.8. The molecule has 23 heavy (non-hydrogen) atoms. The predicted molar refractivity (Wildman–Crippen MR) is 78.9 cm³/mol. The molecule has 0 saturated carbocycles. The Morgan fingerprint density at radius 1 is 0.957 bits per heavy atom. The predicted octanol–water partition coefficient (Wildman–Crippen LogP) is 3.05. The van der Waals surface area contributed by atoms with Crippen LogP contribution in [-0.4, -0.2) is 15.0 Å². The first-order valence-corrected chi connectivity index (χ1v) is 8.25. The van der Waals surface area contributed by atoms with Crippen molar-refractivity contribution in [3.63, 3.8) is 0 Å². The van der Waals surface area contributed by atoms with Crippen LogP contribution in [0.3, 0.4) is 0 Å². The summed E-state index contributed by atoms with van der Waals surface area (Å²) < 4.78 is 67.3. The van der Waals surface area contributed by atoms with E-state index in [1.807, 2.05) is 0 Å². The largest absolute Gasteiger partial charge is 0.435 e. The van der Waals surface area contributed by atoms with Crippen molar-refractivity contribution in [3.05, 3.63) is 65.5 Å². The average Bonchev–Trinajstić information content (AvgIpc) is 2.48. The third-order valence-electron chi connectivity index (χ3n) is 2.91. The Labute approximate surface area is 132 Å². The fourth-order valence-corrected chi connectivity index (χ4v) is 2.95. The maximum Gasteiger partial charge on any atom is 0.387 e. The maximum absolute atomic E-state index is 12.8. The van der Waals surface area contributed by atoms with Gasteiger partial charge in [-0.25, -0.2) is 17.5 Å². The minimum absolute atomic E-state index is 0.00193. The molecule has 0 aromatic heterocycles. The molecule has 0 fully saturated rings. The topological polar surface area (TPSA) is 55.4 Å². The monoisotopic (exact) mass is 345 g/mol. The molecule has 2 aromatic carbocycles. The van der Waals surface area contributed by atoms with E-state index in [2.05, 4.69) is 9.46 Å². The molecule has 0 aliphatic carbocycles. The van der Waals surface area contributed by atoms with Crippen molar-refractivity contribution in [2.24, 2.45) is 0 Å². The van der Waals surface area contributed by atoms with Crippen LogP contribution in [0.2, 0.25) is 0 Å². The van der Waals surface area contributed by atoms with Crippen molar-refractivity contribution in [1.82, 2.24) is 4.72 Å². The molecule has 8 heteroatoms. The highest BCUT2D eigenvalue weighted by atomic mass is 32.2. The molecule has 0 spiro atoms. The molecule has 124 valence electrons. The Balaban J connectivity index is 1.92. The van der Waals surface area contributed by atoms with Gasteiger partial charge in [0.15, 0.2) is 0 Å². The van der Waals surface area contributed by atoms with Gasteiger partial charge in [0, 0.05) is 6.54 Å². The molecule has 0 bridgehead atoms. The first kappa shape index (κ1) is 17.3. The lowest BCUT2D eigenvalue weighted by Crippen LogP contribution is -2.24. The van der Waals surface area contributed by atoms with Crippen LogP contribution >= 0.6 is 0 Å². The van der Waals surface area contributed by atoms with Crippen LogP contribution in [0.25, 0.3) is 0 Å². The van der Waals surface area contributed by atoms with Crippen molar-refractivity contribution < 1.29 is 26.3 Å². The highest BCUT2D eigenvalue weighted by molar-refractivity contribution is 7.88. The fraction of sp³-hybridized carbons (Fsp3) is 0.200. The van der Waals surface area contributed by atoms with Crippen molar-refractivity contribution in [3.8, 4) is 5.75 Å². The van der Waals surface area contributed by atoms with Crippen LogP contribution in [0.1, 0.15) is 11.1 Å². The highest BCUT2D eigenvalue weighted by Gasteiger charge is 2.11. The Hall–Kier alpha value is -2.06. The van der Waals surface area contributed by atoms with E-state index in [0.717, 1.165) is 0 Å². The van der Waals surface area contributed by atoms with Crippen LogP contribution in [0.15, 0.2) is 48.5 Å². The number of nitrogens with one attached hydrogen (secondary N) is 1. The molecule has 0 amide bonds. The minimum Gasteiger partial charge on any atom is -0.435 e. The summed E-state index contributed by atoms with van der Waals surface area (Å²) in [6.45, 7) is -2.89. The van der Waals surface area contributed by atoms with E-state index in [1.165, 1.54) is 48.5 Å². The molecule has 0 heterocycles. The summed E-state index contributed by atoms with van der Waals surface area (Å²) in [4.78, 5) is 0. The number of hydrogen-bond acceptors (Lipinski definition) is 3. The Kier molecular flexibility index (Phi) is 5.62.